The highest BCUT2D eigenvalue weighted by Gasteiger charge is 2.35. The number of nitrogens with one attached hydrogen (secondary N) is 3. The third kappa shape index (κ3) is 5.49. The number of fused-ring (bicyclic) bond motifs is 1. The topological polar surface area (TPSA) is 90.1 Å². The van der Waals surface area contributed by atoms with Gasteiger partial charge in [-0.2, -0.15) is 0 Å². The molecule has 7 nitrogen and oxygen atoms in total. The first-order valence-corrected chi connectivity index (χ1v) is 12.3. The van der Waals surface area contributed by atoms with E-state index in [9.17, 15) is 9.59 Å². The van der Waals surface area contributed by atoms with Crippen molar-refractivity contribution in [2.75, 3.05) is 6.54 Å². The monoisotopic (exact) mass is 439 g/mol. The smallest absolute Gasteiger partial charge is 0.242 e. The summed E-state index contributed by atoms with van der Waals surface area (Å²) in [5.74, 6) is 0.414. The van der Waals surface area contributed by atoms with Gasteiger partial charge >= 0.3 is 0 Å². The zero-order valence-electron chi connectivity index (χ0n) is 19.4. The number of aromatic amines is 1. The van der Waals surface area contributed by atoms with Gasteiger partial charge in [-0.15, -0.1) is 0 Å². The van der Waals surface area contributed by atoms with Crippen LogP contribution in [-0.4, -0.2) is 51.4 Å². The molecule has 1 aliphatic carbocycles. The van der Waals surface area contributed by atoms with Crippen molar-refractivity contribution in [3.05, 3.63) is 30.1 Å². The molecular weight excluding hydrogens is 402 g/mol. The highest BCUT2D eigenvalue weighted by molar-refractivity contribution is 5.90. The van der Waals surface area contributed by atoms with Gasteiger partial charge in [-0.3, -0.25) is 14.5 Å². The van der Waals surface area contributed by atoms with Crippen LogP contribution in [0.5, 0.6) is 0 Å². The fraction of sp³-hybridized carbons (Fsp3) is 0.640. The molecule has 2 aromatic heterocycles. The molecule has 32 heavy (non-hydrogen) atoms. The Balaban J connectivity index is 1.41. The molecule has 4 rings (SSSR count). The molecule has 0 aromatic carbocycles. The van der Waals surface area contributed by atoms with E-state index in [1.807, 2.05) is 18.3 Å². The number of H-pyrrole nitrogens is 1. The second kappa shape index (κ2) is 10.5. The third-order valence-electron chi connectivity index (χ3n) is 7.11. The molecule has 0 radical (unpaired) electrons. The minimum atomic E-state index is -0.482. The van der Waals surface area contributed by atoms with Crippen molar-refractivity contribution in [2.24, 2.45) is 5.92 Å². The van der Waals surface area contributed by atoms with Crippen molar-refractivity contribution in [3.63, 3.8) is 0 Å². The predicted octanol–water partition coefficient (Wildman–Crippen LogP) is 3.51. The minimum absolute atomic E-state index is 0.00238. The van der Waals surface area contributed by atoms with Crippen LogP contribution in [0.15, 0.2) is 24.5 Å². The SMILES string of the molecule is CC(C)N1CCC[C@@H]1C(=O)N[C@@H](CC1CCCCC1)C(=O)NCc1cnc2[nH]ccc2c1. The van der Waals surface area contributed by atoms with Gasteiger partial charge in [0.1, 0.15) is 11.7 Å². The summed E-state index contributed by atoms with van der Waals surface area (Å²) < 4.78 is 0. The van der Waals surface area contributed by atoms with Crippen LogP contribution in [0.2, 0.25) is 0 Å². The molecule has 3 N–H and O–H groups in total. The molecule has 3 heterocycles. The molecule has 2 fully saturated rings. The van der Waals surface area contributed by atoms with E-state index >= 15 is 0 Å². The van der Waals surface area contributed by atoms with Gasteiger partial charge in [0.05, 0.1) is 6.04 Å². The third-order valence-corrected chi connectivity index (χ3v) is 7.11. The van der Waals surface area contributed by atoms with Crippen molar-refractivity contribution in [2.45, 2.75) is 89.9 Å². The van der Waals surface area contributed by atoms with Crippen molar-refractivity contribution in [1.29, 1.82) is 0 Å². The number of nitrogens with zero attached hydrogens (tertiary/aromatic N) is 2. The molecule has 0 bridgehead atoms. The molecule has 0 unspecified atom stereocenters. The molecule has 174 valence electrons. The molecule has 7 heteroatoms. The maximum Gasteiger partial charge on any atom is 0.242 e. The Morgan fingerprint density at radius 1 is 1.19 bits per heavy atom. The summed E-state index contributed by atoms with van der Waals surface area (Å²) in [7, 11) is 0. The first-order chi connectivity index (χ1) is 15.5. The number of carbonyl (C=O) groups is 2. The number of likely N-dealkylation sites (tertiary alicyclic amines) is 1. The van der Waals surface area contributed by atoms with Gasteiger partial charge in [-0.05, 0) is 63.3 Å². The normalized spacial score (nSPS) is 21.2. The van der Waals surface area contributed by atoms with E-state index in [4.69, 9.17) is 0 Å². The molecule has 0 spiro atoms. The average Bonchev–Trinajstić information content (AvgIpc) is 3.47. The van der Waals surface area contributed by atoms with Gasteiger partial charge in [0, 0.05) is 30.4 Å². The summed E-state index contributed by atoms with van der Waals surface area (Å²) in [4.78, 5) is 36.1. The maximum absolute atomic E-state index is 13.2. The summed E-state index contributed by atoms with van der Waals surface area (Å²) in [6, 6.07) is 3.73. The Morgan fingerprint density at radius 2 is 2.00 bits per heavy atom. The van der Waals surface area contributed by atoms with Gasteiger partial charge in [0.2, 0.25) is 11.8 Å². The fourth-order valence-corrected chi connectivity index (χ4v) is 5.34. The summed E-state index contributed by atoms with van der Waals surface area (Å²) in [6.45, 7) is 5.62. The highest BCUT2D eigenvalue weighted by atomic mass is 16.2. The molecular formula is C25H37N5O2. The van der Waals surface area contributed by atoms with Gasteiger partial charge in [0.15, 0.2) is 0 Å². The first-order valence-electron chi connectivity index (χ1n) is 12.3. The maximum atomic E-state index is 13.2. The van der Waals surface area contributed by atoms with Crippen LogP contribution in [0.25, 0.3) is 11.0 Å². The largest absolute Gasteiger partial charge is 0.350 e. The van der Waals surface area contributed by atoms with E-state index in [0.29, 0.717) is 18.5 Å². The van der Waals surface area contributed by atoms with E-state index in [1.54, 1.807) is 6.20 Å². The van der Waals surface area contributed by atoms with Gasteiger partial charge in [-0.1, -0.05) is 32.1 Å². The number of carbonyl (C=O) groups excluding carboxylic acids is 2. The van der Waals surface area contributed by atoms with Crippen LogP contribution in [0, 0.1) is 5.92 Å². The van der Waals surface area contributed by atoms with Crippen molar-refractivity contribution in [3.8, 4) is 0 Å². The van der Waals surface area contributed by atoms with Crippen molar-refractivity contribution >= 4 is 22.8 Å². The highest BCUT2D eigenvalue weighted by Crippen LogP contribution is 2.28. The Morgan fingerprint density at radius 3 is 2.78 bits per heavy atom. The van der Waals surface area contributed by atoms with Crippen LogP contribution < -0.4 is 10.6 Å². The first kappa shape index (κ1) is 22.8. The Bertz CT molecular complexity index is 918. The number of aromatic nitrogens is 2. The molecule has 2 aliphatic rings. The number of rotatable bonds is 8. The number of amides is 2. The lowest BCUT2D eigenvalue weighted by Crippen LogP contribution is -2.53. The average molecular weight is 440 g/mol. The zero-order valence-corrected chi connectivity index (χ0v) is 19.4. The lowest BCUT2D eigenvalue weighted by Gasteiger charge is -2.30. The number of pyridine rings is 1. The summed E-state index contributed by atoms with van der Waals surface area (Å²) in [6.07, 6.45) is 12.3. The number of hydrogen-bond donors (Lipinski definition) is 3. The minimum Gasteiger partial charge on any atom is -0.350 e. The van der Waals surface area contributed by atoms with Gasteiger partial charge in [0.25, 0.3) is 0 Å². The fourth-order valence-electron chi connectivity index (χ4n) is 5.34. The molecule has 1 saturated heterocycles. The molecule has 2 aromatic rings. The van der Waals surface area contributed by atoms with Crippen LogP contribution in [0.1, 0.15) is 70.8 Å². The second-order valence-electron chi connectivity index (χ2n) is 9.77. The van der Waals surface area contributed by atoms with Crippen LogP contribution in [0.4, 0.5) is 0 Å². The van der Waals surface area contributed by atoms with Crippen molar-refractivity contribution < 1.29 is 9.59 Å². The van der Waals surface area contributed by atoms with E-state index in [2.05, 4.69) is 39.3 Å². The van der Waals surface area contributed by atoms with E-state index in [-0.39, 0.29) is 17.9 Å². The zero-order chi connectivity index (χ0) is 22.5. The second-order valence-corrected chi connectivity index (χ2v) is 9.77. The lowest BCUT2D eigenvalue weighted by molar-refractivity contribution is -0.132. The van der Waals surface area contributed by atoms with E-state index in [1.165, 1.54) is 19.3 Å². The predicted molar refractivity (Wildman–Crippen MR) is 126 cm³/mol. The van der Waals surface area contributed by atoms with Crippen LogP contribution >= 0.6 is 0 Å². The standard InChI is InChI=1S/C25H37N5O2/c1-17(2)30-12-6-9-22(30)25(32)29-21(14-18-7-4-3-5-8-18)24(31)28-16-19-13-20-10-11-26-23(20)27-15-19/h10-11,13,15,17-18,21-22H,3-9,12,14,16H2,1-2H3,(H,26,27)(H,28,31)(H,29,32)/t21-,22+/m0/s1. The van der Waals surface area contributed by atoms with E-state index in [0.717, 1.165) is 55.2 Å². The quantitative estimate of drug-likeness (QED) is 0.587. The van der Waals surface area contributed by atoms with E-state index < -0.39 is 6.04 Å². The Labute approximate surface area is 190 Å². The molecule has 1 saturated carbocycles. The lowest BCUT2D eigenvalue weighted by atomic mass is 9.84. The van der Waals surface area contributed by atoms with Gasteiger partial charge in [-0.25, -0.2) is 4.98 Å². The van der Waals surface area contributed by atoms with Crippen LogP contribution in [0.3, 0.4) is 0 Å². The summed E-state index contributed by atoms with van der Waals surface area (Å²) in [5, 5.41) is 7.22. The molecule has 2 atom stereocenters. The summed E-state index contributed by atoms with van der Waals surface area (Å²) >= 11 is 0. The van der Waals surface area contributed by atoms with Gasteiger partial charge < -0.3 is 15.6 Å². The molecule has 1 aliphatic heterocycles. The van der Waals surface area contributed by atoms with Crippen molar-refractivity contribution in [1.82, 2.24) is 25.5 Å². The Hall–Kier alpha value is -2.41. The Kier molecular flexibility index (Phi) is 7.45. The number of hydrogen-bond acceptors (Lipinski definition) is 4. The summed E-state index contributed by atoms with van der Waals surface area (Å²) in [5.41, 5.74) is 1.80. The van der Waals surface area contributed by atoms with Crippen LogP contribution in [-0.2, 0) is 16.1 Å². The molecule has 2 amide bonds.